The Morgan fingerprint density at radius 3 is 2.80 bits per heavy atom. The van der Waals surface area contributed by atoms with Crippen LogP contribution in [0.1, 0.15) is 38.5 Å². The molecule has 0 radical (unpaired) electrons. The minimum atomic E-state index is 0.0692. The summed E-state index contributed by atoms with van der Waals surface area (Å²) in [6.45, 7) is 0. The average Bonchev–Trinajstić information content (AvgIpc) is 2.82. The number of nitrogens with zero attached hydrogens (tertiary/aromatic N) is 2. The summed E-state index contributed by atoms with van der Waals surface area (Å²) in [6.07, 6.45) is 8.72. The van der Waals surface area contributed by atoms with Crippen molar-refractivity contribution in [1.82, 2.24) is 15.3 Å². The van der Waals surface area contributed by atoms with Crippen molar-refractivity contribution in [2.24, 2.45) is 0 Å². The Hall–Kier alpha value is -2.08. The predicted octanol–water partition coefficient (Wildman–Crippen LogP) is 4.31. The third kappa shape index (κ3) is 3.63. The van der Waals surface area contributed by atoms with Gasteiger partial charge in [-0.2, -0.15) is 0 Å². The molecule has 130 valence electrons. The van der Waals surface area contributed by atoms with Gasteiger partial charge in [-0.15, -0.1) is 0 Å². The number of para-hydroxylation sites is 1. The summed E-state index contributed by atoms with van der Waals surface area (Å²) >= 11 is 1.41. The van der Waals surface area contributed by atoms with Crippen molar-refractivity contribution in [3.63, 3.8) is 0 Å². The molecule has 5 nitrogen and oxygen atoms in total. The molecule has 1 aliphatic carbocycles. The van der Waals surface area contributed by atoms with Gasteiger partial charge in [-0.3, -0.25) is 4.79 Å². The lowest BCUT2D eigenvalue weighted by atomic mass is 10.1. The number of thioether (sulfide) groups is 1. The molecule has 3 aromatic rings. The van der Waals surface area contributed by atoms with Crippen LogP contribution in [0.2, 0.25) is 0 Å². The van der Waals surface area contributed by atoms with Crippen molar-refractivity contribution in [3.8, 4) is 0 Å². The minimum Gasteiger partial charge on any atom is -0.451 e. The summed E-state index contributed by atoms with van der Waals surface area (Å²) in [6, 6.07) is 8.13. The highest BCUT2D eigenvalue weighted by Crippen LogP contribution is 2.32. The highest BCUT2D eigenvalue weighted by atomic mass is 32.2. The maximum Gasteiger partial charge on any atom is 0.230 e. The van der Waals surface area contributed by atoms with E-state index in [1.807, 2.05) is 24.3 Å². The first-order valence-corrected chi connectivity index (χ1v) is 9.84. The van der Waals surface area contributed by atoms with Crippen LogP contribution < -0.4 is 5.32 Å². The van der Waals surface area contributed by atoms with E-state index in [2.05, 4.69) is 15.3 Å². The Balaban J connectivity index is 1.46. The Morgan fingerprint density at radius 2 is 1.96 bits per heavy atom. The summed E-state index contributed by atoms with van der Waals surface area (Å²) in [7, 11) is 0. The molecule has 0 spiro atoms. The lowest BCUT2D eigenvalue weighted by Crippen LogP contribution is -2.35. The third-order valence-corrected chi connectivity index (χ3v) is 5.66. The predicted molar refractivity (Wildman–Crippen MR) is 99.7 cm³/mol. The first kappa shape index (κ1) is 16.4. The summed E-state index contributed by atoms with van der Waals surface area (Å²) in [5.41, 5.74) is 2.26. The zero-order chi connectivity index (χ0) is 17.1. The van der Waals surface area contributed by atoms with E-state index in [4.69, 9.17) is 4.42 Å². The van der Waals surface area contributed by atoms with Gasteiger partial charge >= 0.3 is 0 Å². The molecule has 1 amide bonds. The molecule has 1 N–H and O–H groups in total. The molecule has 1 fully saturated rings. The van der Waals surface area contributed by atoms with E-state index in [1.165, 1.54) is 43.8 Å². The zero-order valence-electron chi connectivity index (χ0n) is 14.0. The van der Waals surface area contributed by atoms with Crippen LogP contribution in [0.25, 0.3) is 22.1 Å². The Bertz CT molecular complexity index is 885. The second-order valence-corrected chi connectivity index (χ2v) is 7.46. The molecule has 6 heteroatoms. The second-order valence-electron chi connectivity index (χ2n) is 6.50. The molecule has 2 heterocycles. The highest BCUT2D eigenvalue weighted by molar-refractivity contribution is 8.00. The fourth-order valence-corrected chi connectivity index (χ4v) is 4.17. The second kappa shape index (κ2) is 7.44. The molecular formula is C19H21N3O2S. The number of furan rings is 1. The molecule has 0 aliphatic heterocycles. The first-order valence-electron chi connectivity index (χ1n) is 8.85. The maximum absolute atomic E-state index is 12.3. The van der Waals surface area contributed by atoms with E-state index in [1.54, 1.807) is 0 Å². The number of aromatic nitrogens is 2. The number of amides is 1. The molecule has 25 heavy (non-hydrogen) atoms. The molecule has 4 rings (SSSR count). The fourth-order valence-electron chi connectivity index (χ4n) is 3.43. The number of carbonyl (C=O) groups excluding carboxylic acids is 1. The number of hydrogen-bond donors (Lipinski definition) is 1. The molecule has 1 aromatic carbocycles. The summed E-state index contributed by atoms with van der Waals surface area (Å²) in [5.74, 6) is 0.416. The van der Waals surface area contributed by atoms with Crippen molar-refractivity contribution in [2.45, 2.75) is 49.6 Å². The van der Waals surface area contributed by atoms with E-state index in [9.17, 15) is 4.79 Å². The van der Waals surface area contributed by atoms with Gasteiger partial charge in [0, 0.05) is 11.4 Å². The number of rotatable bonds is 4. The van der Waals surface area contributed by atoms with Crippen LogP contribution >= 0.6 is 11.8 Å². The Labute approximate surface area is 150 Å². The molecule has 0 unspecified atom stereocenters. The molecule has 0 bridgehead atoms. The Kier molecular flexibility index (Phi) is 4.88. The summed E-state index contributed by atoms with van der Waals surface area (Å²) < 4.78 is 5.90. The topological polar surface area (TPSA) is 68.0 Å². The van der Waals surface area contributed by atoms with Gasteiger partial charge in [0.05, 0.1) is 5.75 Å². The lowest BCUT2D eigenvalue weighted by Gasteiger charge is -2.15. The molecule has 0 saturated heterocycles. The SMILES string of the molecule is O=C(CSc1ncnc2c1oc1ccccc12)NC1CCCCCC1. The van der Waals surface area contributed by atoms with E-state index in [0.717, 1.165) is 34.4 Å². The Morgan fingerprint density at radius 1 is 1.16 bits per heavy atom. The standard InChI is InChI=1S/C19H21N3O2S/c23-16(22-13-7-3-1-2-4-8-13)11-25-19-18-17(20-12-21-19)14-9-5-6-10-15(14)24-18/h5-6,9-10,12-13H,1-4,7-8,11H2,(H,22,23). The van der Waals surface area contributed by atoms with E-state index >= 15 is 0 Å². The number of nitrogens with one attached hydrogen (secondary N) is 1. The van der Waals surface area contributed by atoms with E-state index in [-0.39, 0.29) is 5.91 Å². The van der Waals surface area contributed by atoms with E-state index in [0.29, 0.717) is 17.4 Å². The van der Waals surface area contributed by atoms with Crippen molar-refractivity contribution >= 4 is 39.7 Å². The maximum atomic E-state index is 12.3. The van der Waals surface area contributed by atoms with Gasteiger partial charge in [0.2, 0.25) is 5.91 Å². The van der Waals surface area contributed by atoms with E-state index < -0.39 is 0 Å². The fraction of sp³-hybridized carbons (Fsp3) is 0.421. The summed E-state index contributed by atoms with van der Waals surface area (Å²) in [4.78, 5) is 21.0. The van der Waals surface area contributed by atoms with Crippen molar-refractivity contribution in [3.05, 3.63) is 30.6 Å². The number of carbonyl (C=O) groups is 1. The van der Waals surface area contributed by atoms with Crippen molar-refractivity contribution in [2.75, 3.05) is 5.75 Å². The lowest BCUT2D eigenvalue weighted by molar-refractivity contribution is -0.119. The van der Waals surface area contributed by atoms with Gasteiger partial charge < -0.3 is 9.73 Å². The molecule has 0 atom stereocenters. The first-order chi connectivity index (χ1) is 12.3. The minimum absolute atomic E-state index is 0.0692. The van der Waals surface area contributed by atoms with Crippen molar-refractivity contribution < 1.29 is 9.21 Å². The normalized spacial score (nSPS) is 16.2. The van der Waals surface area contributed by atoms with Gasteiger partial charge in [0.25, 0.3) is 0 Å². The highest BCUT2D eigenvalue weighted by Gasteiger charge is 2.17. The van der Waals surface area contributed by atoms with Gasteiger partial charge in [-0.1, -0.05) is 49.6 Å². The average molecular weight is 355 g/mol. The smallest absolute Gasteiger partial charge is 0.230 e. The van der Waals surface area contributed by atoms with Crippen LogP contribution in [0.5, 0.6) is 0 Å². The van der Waals surface area contributed by atoms with Crippen LogP contribution in [-0.2, 0) is 4.79 Å². The zero-order valence-corrected chi connectivity index (χ0v) is 14.8. The van der Waals surface area contributed by atoms with Crippen molar-refractivity contribution in [1.29, 1.82) is 0 Å². The molecular weight excluding hydrogens is 334 g/mol. The largest absolute Gasteiger partial charge is 0.451 e. The molecule has 1 aliphatic rings. The number of fused-ring (bicyclic) bond motifs is 3. The van der Waals surface area contributed by atoms with Crippen LogP contribution in [0, 0.1) is 0 Å². The van der Waals surface area contributed by atoms with Crippen LogP contribution in [0.15, 0.2) is 40.0 Å². The molecule has 1 saturated carbocycles. The van der Waals surface area contributed by atoms with Gasteiger partial charge in [0.1, 0.15) is 22.5 Å². The van der Waals surface area contributed by atoms with Gasteiger partial charge in [-0.25, -0.2) is 9.97 Å². The van der Waals surface area contributed by atoms with Crippen LogP contribution in [0.4, 0.5) is 0 Å². The van der Waals surface area contributed by atoms with Gasteiger partial charge in [0.15, 0.2) is 5.58 Å². The number of hydrogen-bond acceptors (Lipinski definition) is 5. The molecule has 2 aromatic heterocycles. The third-order valence-electron chi connectivity index (χ3n) is 4.69. The quantitative estimate of drug-likeness (QED) is 0.429. The van der Waals surface area contributed by atoms with Gasteiger partial charge in [-0.05, 0) is 25.0 Å². The summed E-state index contributed by atoms with van der Waals surface area (Å²) in [5, 5.41) is 4.87. The van der Waals surface area contributed by atoms with Crippen LogP contribution in [-0.4, -0.2) is 27.7 Å². The number of benzene rings is 1. The monoisotopic (exact) mass is 355 g/mol. The van der Waals surface area contributed by atoms with Crippen LogP contribution in [0.3, 0.4) is 0 Å².